The molecule has 0 aromatic heterocycles. The summed E-state index contributed by atoms with van der Waals surface area (Å²) in [6, 6.07) is 4.39. The van der Waals surface area contributed by atoms with Gasteiger partial charge in [0.05, 0.1) is 11.7 Å². The number of hydrogen-bond acceptors (Lipinski definition) is 5. The number of nitrogens with one attached hydrogen (secondary N) is 2. The molecule has 1 aliphatic heterocycles. The Hall–Kier alpha value is -2.12. The van der Waals surface area contributed by atoms with Crippen molar-refractivity contribution in [1.82, 2.24) is 0 Å². The fourth-order valence-electron chi connectivity index (χ4n) is 1.90. The molecular weight excluding hydrogens is 274 g/mol. The fraction of sp³-hybridized carbons (Fsp3) is 0.429. The van der Waals surface area contributed by atoms with Gasteiger partial charge in [-0.15, -0.1) is 0 Å². The second-order valence-electron chi connectivity index (χ2n) is 4.84. The highest BCUT2D eigenvalue weighted by atomic mass is 16.5. The molecule has 0 radical (unpaired) electrons. The Kier molecular flexibility index (Phi) is 4.77. The average molecular weight is 293 g/mol. The van der Waals surface area contributed by atoms with Gasteiger partial charge in [0.25, 0.3) is 5.91 Å². The van der Waals surface area contributed by atoms with Gasteiger partial charge in [0.1, 0.15) is 5.75 Å². The molecule has 1 aliphatic rings. The van der Waals surface area contributed by atoms with Crippen LogP contribution in [0.1, 0.15) is 13.3 Å². The van der Waals surface area contributed by atoms with Gasteiger partial charge in [-0.2, -0.15) is 0 Å². The molecule has 0 spiro atoms. The zero-order chi connectivity index (χ0) is 15.4. The number of ether oxygens (including phenoxy) is 2. The van der Waals surface area contributed by atoms with Crippen LogP contribution >= 0.6 is 0 Å². The van der Waals surface area contributed by atoms with Crippen molar-refractivity contribution in [3.8, 4) is 5.75 Å². The minimum absolute atomic E-state index is 0.220. The molecule has 0 saturated carbocycles. The number of benzene rings is 1. The fourth-order valence-corrected chi connectivity index (χ4v) is 1.90. The van der Waals surface area contributed by atoms with Crippen LogP contribution in [-0.4, -0.2) is 37.7 Å². The molecule has 1 aromatic carbocycles. The number of anilines is 2. The maximum absolute atomic E-state index is 11.9. The summed E-state index contributed by atoms with van der Waals surface area (Å²) >= 11 is 0. The maximum atomic E-state index is 11.9. The SMILES string of the molecule is COCCC(N)C(=O)Nc1ccc2c(c1)NC(=O)C(C)O2. The van der Waals surface area contributed by atoms with Gasteiger partial charge in [0.15, 0.2) is 6.10 Å². The van der Waals surface area contributed by atoms with Crippen molar-refractivity contribution in [3.05, 3.63) is 18.2 Å². The van der Waals surface area contributed by atoms with Crippen LogP contribution in [-0.2, 0) is 14.3 Å². The lowest BCUT2D eigenvalue weighted by Gasteiger charge is -2.23. The molecule has 2 unspecified atom stereocenters. The zero-order valence-corrected chi connectivity index (χ0v) is 12.0. The third-order valence-corrected chi connectivity index (χ3v) is 3.15. The highest BCUT2D eigenvalue weighted by Crippen LogP contribution is 2.32. The number of hydrogen-bond donors (Lipinski definition) is 3. The number of carbonyl (C=O) groups is 2. The molecule has 114 valence electrons. The molecule has 0 saturated heterocycles. The van der Waals surface area contributed by atoms with E-state index >= 15 is 0 Å². The summed E-state index contributed by atoms with van der Waals surface area (Å²) in [5, 5.41) is 5.42. The molecule has 2 rings (SSSR count). The number of rotatable bonds is 5. The van der Waals surface area contributed by atoms with Gasteiger partial charge in [-0.05, 0) is 31.5 Å². The normalized spacial score (nSPS) is 18.2. The Morgan fingerprint density at radius 1 is 1.57 bits per heavy atom. The number of amides is 2. The number of nitrogens with two attached hydrogens (primary N) is 1. The molecule has 2 amide bonds. The molecular formula is C14H19N3O4. The third-order valence-electron chi connectivity index (χ3n) is 3.15. The van der Waals surface area contributed by atoms with E-state index in [0.717, 1.165) is 0 Å². The first kappa shape index (κ1) is 15.3. The summed E-state index contributed by atoms with van der Waals surface area (Å²) in [6.45, 7) is 2.09. The highest BCUT2D eigenvalue weighted by molar-refractivity contribution is 5.99. The maximum Gasteiger partial charge on any atom is 0.265 e. The van der Waals surface area contributed by atoms with Crippen LogP contribution < -0.4 is 21.1 Å². The van der Waals surface area contributed by atoms with E-state index in [0.29, 0.717) is 30.2 Å². The molecule has 0 fully saturated rings. The van der Waals surface area contributed by atoms with E-state index in [1.165, 1.54) is 0 Å². The van der Waals surface area contributed by atoms with Crippen molar-refractivity contribution in [1.29, 1.82) is 0 Å². The van der Waals surface area contributed by atoms with Crippen LogP contribution in [0.4, 0.5) is 11.4 Å². The van der Waals surface area contributed by atoms with Crippen molar-refractivity contribution in [2.45, 2.75) is 25.5 Å². The predicted molar refractivity (Wildman–Crippen MR) is 78.3 cm³/mol. The number of fused-ring (bicyclic) bond motifs is 1. The monoisotopic (exact) mass is 293 g/mol. The summed E-state index contributed by atoms with van der Waals surface area (Å²) in [5.41, 5.74) is 6.82. The molecule has 0 bridgehead atoms. The third kappa shape index (κ3) is 3.71. The van der Waals surface area contributed by atoms with E-state index in [9.17, 15) is 9.59 Å². The van der Waals surface area contributed by atoms with Crippen molar-refractivity contribution in [3.63, 3.8) is 0 Å². The second-order valence-corrected chi connectivity index (χ2v) is 4.84. The molecule has 1 heterocycles. The lowest BCUT2D eigenvalue weighted by atomic mass is 10.2. The van der Waals surface area contributed by atoms with Gasteiger partial charge in [-0.1, -0.05) is 0 Å². The minimum atomic E-state index is -0.646. The summed E-state index contributed by atoms with van der Waals surface area (Å²) in [4.78, 5) is 23.5. The van der Waals surface area contributed by atoms with Gasteiger partial charge in [-0.25, -0.2) is 0 Å². The number of methoxy groups -OCH3 is 1. The zero-order valence-electron chi connectivity index (χ0n) is 12.0. The Labute approximate surface area is 122 Å². The smallest absolute Gasteiger partial charge is 0.265 e. The Bertz CT molecular complexity index is 547. The van der Waals surface area contributed by atoms with Crippen molar-refractivity contribution in [2.75, 3.05) is 24.4 Å². The Morgan fingerprint density at radius 3 is 3.05 bits per heavy atom. The standard InChI is InChI=1S/C14H19N3O4/c1-8-13(18)17-11-7-9(3-4-12(11)21-8)16-14(19)10(15)5-6-20-2/h3-4,7-8,10H,5-6,15H2,1-2H3,(H,16,19)(H,17,18). The average Bonchev–Trinajstić information content (AvgIpc) is 2.46. The molecule has 7 nitrogen and oxygen atoms in total. The van der Waals surface area contributed by atoms with Crippen molar-refractivity contribution >= 4 is 23.2 Å². The van der Waals surface area contributed by atoms with Gasteiger partial charge in [0.2, 0.25) is 5.91 Å². The van der Waals surface area contributed by atoms with Crippen LogP contribution in [0.3, 0.4) is 0 Å². The van der Waals surface area contributed by atoms with E-state index in [1.54, 1.807) is 32.2 Å². The first-order valence-electron chi connectivity index (χ1n) is 6.68. The van der Waals surface area contributed by atoms with E-state index in [4.69, 9.17) is 15.2 Å². The first-order chi connectivity index (χ1) is 10.0. The van der Waals surface area contributed by atoms with Crippen molar-refractivity contribution in [2.24, 2.45) is 5.73 Å². The van der Waals surface area contributed by atoms with Crippen LogP contribution in [0.25, 0.3) is 0 Å². The summed E-state index contributed by atoms with van der Waals surface area (Å²) < 4.78 is 10.3. The van der Waals surface area contributed by atoms with E-state index < -0.39 is 12.1 Å². The highest BCUT2D eigenvalue weighted by Gasteiger charge is 2.24. The lowest BCUT2D eigenvalue weighted by Crippen LogP contribution is -2.37. The lowest BCUT2D eigenvalue weighted by molar-refractivity contribution is -0.122. The van der Waals surface area contributed by atoms with E-state index in [-0.39, 0.29) is 11.8 Å². The predicted octanol–water partition coefficient (Wildman–Crippen LogP) is 0.708. The van der Waals surface area contributed by atoms with Crippen LogP contribution in [0.5, 0.6) is 5.75 Å². The van der Waals surface area contributed by atoms with E-state index in [2.05, 4.69) is 10.6 Å². The summed E-state index contributed by atoms with van der Waals surface area (Å²) in [6.07, 6.45) is -0.0922. The number of carbonyl (C=O) groups excluding carboxylic acids is 2. The molecule has 7 heteroatoms. The molecule has 2 atom stereocenters. The van der Waals surface area contributed by atoms with Crippen LogP contribution in [0.15, 0.2) is 18.2 Å². The Balaban J connectivity index is 2.04. The topological polar surface area (TPSA) is 103 Å². The van der Waals surface area contributed by atoms with E-state index in [1.807, 2.05) is 0 Å². The second kappa shape index (κ2) is 6.55. The molecule has 0 aliphatic carbocycles. The first-order valence-corrected chi connectivity index (χ1v) is 6.68. The molecule has 4 N–H and O–H groups in total. The van der Waals surface area contributed by atoms with Crippen molar-refractivity contribution < 1.29 is 19.1 Å². The summed E-state index contributed by atoms with van der Waals surface area (Å²) in [5.74, 6) is 0.0509. The minimum Gasteiger partial charge on any atom is -0.479 e. The summed E-state index contributed by atoms with van der Waals surface area (Å²) in [7, 11) is 1.55. The Morgan fingerprint density at radius 2 is 2.33 bits per heavy atom. The molecule has 21 heavy (non-hydrogen) atoms. The van der Waals surface area contributed by atoms with Gasteiger partial charge >= 0.3 is 0 Å². The molecule has 1 aromatic rings. The van der Waals surface area contributed by atoms with Gasteiger partial charge < -0.3 is 25.8 Å². The van der Waals surface area contributed by atoms with Gasteiger partial charge in [0, 0.05) is 19.4 Å². The quantitative estimate of drug-likeness (QED) is 0.742. The van der Waals surface area contributed by atoms with Gasteiger partial charge in [-0.3, -0.25) is 9.59 Å². The van der Waals surface area contributed by atoms with Crippen LogP contribution in [0, 0.1) is 0 Å². The van der Waals surface area contributed by atoms with Crippen LogP contribution in [0.2, 0.25) is 0 Å². The largest absolute Gasteiger partial charge is 0.479 e.